The molecule has 0 aliphatic rings. The number of aromatic amines is 2. The number of hydrogen-bond acceptors (Lipinski definition) is 6. The summed E-state index contributed by atoms with van der Waals surface area (Å²) in [5, 5.41) is 25.2. The van der Waals surface area contributed by atoms with Gasteiger partial charge in [-0.1, -0.05) is 25.5 Å². The number of aromatic carboxylic acids is 2. The highest BCUT2D eigenvalue weighted by Crippen LogP contribution is 2.42. The minimum absolute atomic E-state index is 0.0000355. The third kappa shape index (κ3) is 6.39. The van der Waals surface area contributed by atoms with Crippen molar-refractivity contribution in [2.45, 2.75) is 39.5 Å². The van der Waals surface area contributed by atoms with Crippen LogP contribution in [-0.2, 0) is 0 Å². The normalized spacial score (nSPS) is 11.2. The van der Waals surface area contributed by atoms with Gasteiger partial charge >= 0.3 is 11.9 Å². The lowest BCUT2D eigenvalue weighted by Crippen LogP contribution is -2.25. The predicted octanol–water partition coefficient (Wildman–Crippen LogP) is 5.79. The van der Waals surface area contributed by atoms with Crippen molar-refractivity contribution in [2.24, 2.45) is 0 Å². The molecule has 0 fully saturated rings. The third-order valence-corrected chi connectivity index (χ3v) is 8.43. The predicted molar refractivity (Wildman–Crippen MR) is 178 cm³/mol. The molecule has 0 spiro atoms. The van der Waals surface area contributed by atoms with Gasteiger partial charge in [-0.3, -0.25) is 19.8 Å². The fourth-order valence-corrected chi connectivity index (χ4v) is 6.14. The summed E-state index contributed by atoms with van der Waals surface area (Å²) in [6, 6.07) is 15.4. The van der Waals surface area contributed by atoms with E-state index in [9.17, 15) is 29.4 Å². The number of rotatable bonds is 12. The Labute approximate surface area is 277 Å². The van der Waals surface area contributed by atoms with Crippen LogP contribution in [-0.4, -0.2) is 55.4 Å². The fourth-order valence-electron chi connectivity index (χ4n) is 5.56. The average Bonchev–Trinajstić information content (AvgIpc) is 3.51. The van der Waals surface area contributed by atoms with Crippen LogP contribution in [0.15, 0.2) is 74.7 Å². The van der Waals surface area contributed by atoms with Crippen LogP contribution in [0.3, 0.4) is 0 Å². The highest BCUT2D eigenvalue weighted by atomic mass is 79.9. The lowest BCUT2D eigenvalue weighted by molar-refractivity contribution is 0.0686. The second-order valence-corrected chi connectivity index (χ2v) is 11.8. The number of nitrogens with one attached hydrogen (secondary N) is 2. The Kier molecular flexibility index (Phi) is 9.56. The second-order valence-electron chi connectivity index (χ2n) is 11.0. The van der Waals surface area contributed by atoms with Crippen LogP contribution >= 0.6 is 15.9 Å². The Morgan fingerprint density at radius 2 is 1.36 bits per heavy atom. The molecule has 13 heteroatoms. The standard InChI is InChI=1S/C34H33BrN4O8/c1-5-6-13-47-30-25(35)16-22(17-26(30)46-4)29(27-18(2)36-38(31(27)40)23-11-7-9-20(14-23)33(42)43)28-19(3)37-39(32(28)41)24-12-8-10-21(15-24)34(44)45/h7-12,14-17,29,36-37H,5-6,13H2,1-4H3,(H,42,43)(H,44,45). The number of carboxylic acid groups (broad SMARTS) is 2. The number of unbranched alkanes of at least 4 members (excludes halogenated alkanes) is 1. The zero-order chi connectivity index (χ0) is 34.0. The molecule has 2 aromatic heterocycles. The van der Waals surface area contributed by atoms with Gasteiger partial charge < -0.3 is 19.7 Å². The summed E-state index contributed by atoms with van der Waals surface area (Å²) in [5.74, 6) is -2.37. The van der Waals surface area contributed by atoms with E-state index in [-0.39, 0.29) is 22.3 Å². The zero-order valence-corrected chi connectivity index (χ0v) is 27.7. The molecule has 0 atom stereocenters. The van der Waals surface area contributed by atoms with Crippen LogP contribution in [0.2, 0.25) is 0 Å². The topological polar surface area (TPSA) is 169 Å². The number of benzene rings is 3. The number of nitrogens with zero attached hydrogens (tertiary/aromatic N) is 2. The molecule has 4 N–H and O–H groups in total. The monoisotopic (exact) mass is 704 g/mol. The smallest absolute Gasteiger partial charge is 0.335 e. The number of hydrogen-bond donors (Lipinski definition) is 4. The highest BCUT2D eigenvalue weighted by molar-refractivity contribution is 9.10. The molecule has 0 unspecified atom stereocenters. The van der Waals surface area contributed by atoms with Crippen LogP contribution in [0.25, 0.3) is 11.4 Å². The maximum Gasteiger partial charge on any atom is 0.335 e. The van der Waals surface area contributed by atoms with E-state index < -0.39 is 29.0 Å². The first kappa shape index (κ1) is 33.1. The number of ether oxygens (including phenoxy) is 2. The van der Waals surface area contributed by atoms with E-state index in [1.165, 1.54) is 52.9 Å². The molecule has 3 aromatic carbocycles. The molecule has 5 aromatic rings. The van der Waals surface area contributed by atoms with Gasteiger partial charge in [-0.25, -0.2) is 19.0 Å². The van der Waals surface area contributed by atoms with Crippen molar-refractivity contribution < 1.29 is 29.3 Å². The van der Waals surface area contributed by atoms with Crippen molar-refractivity contribution in [1.82, 2.24) is 19.6 Å². The largest absolute Gasteiger partial charge is 0.493 e. The first-order chi connectivity index (χ1) is 22.5. The Hall–Kier alpha value is -5.30. The molecule has 0 radical (unpaired) electrons. The summed E-state index contributed by atoms with van der Waals surface area (Å²) < 4.78 is 14.8. The van der Waals surface area contributed by atoms with Gasteiger partial charge in [-0.2, -0.15) is 0 Å². The molecule has 5 rings (SSSR count). The SMILES string of the molecule is CCCCOc1c(Br)cc(C(c2c(C)[nH]n(-c3cccc(C(=O)O)c3)c2=O)c2c(C)[nH]n(-c3cccc(C(=O)O)c3)c2=O)cc1OC. The zero-order valence-electron chi connectivity index (χ0n) is 26.1. The second kappa shape index (κ2) is 13.6. The van der Waals surface area contributed by atoms with E-state index in [0.29, 0.717) is 50.9 Å². The minimum atomic E-state index is -1.14. The maximum atomic E-state index is 14.3. The molecule has 2 heterocycles. The number of aryl methyl sites for hydroxylation is 2. The first-order valence-corrected chi connectivity index (χ1v) is 15.6. The summed E-state index contributed by atoms with van der Waals surface area (Å²) in [6.45, 7) is 5.92. The number of halogens is 1. The summed E-state index contributed by atoms with van der Waals surface area (Å²) in [4.78, 5) is 51.9. The van der Waals surface area contributed by atoms with Gasteiger partial charge in [0.2, 0.25) is 0 Å². The quantitative estimate of drug-likeness (QED) is 0.118. The van der Waals surface area contributed by atoms with Crippen molar-refractivity contribution in [3.8, 4) is 22.9 Å². The van der Waals surface area contributed by atoms with Gasteiger partial charge in [0.05, 0.1) is 51.8 Å². The molecule has 0 saturated heterocycles. The van der Waals surface area contributed by atoms with E-state index in [4.69, 9.17) is 9.47 Å². The highest BCUT2D eigenvalue weighted by Gasteiger charge is 2.32. The fraction of sp³-hybridized carbons (Fsp3) is 0.235. The molecule has 47 heavy (non-hydrogen) atoms. The number of H-pyrrole nitrogens is 2. The number of carboxylic acids is 2. The molecule has 0 aliphatic carbocycles. The van der Waals surface area contributed by atoms with Crippen molar-refractivity contribution in [3.63, 3.8) is 0 Å². The van der Waals surface area contributed by atoms with E-state index >= 15 is 0 Å². The molecule has 12 nitrogen and oxygen atoms in total. The van der Waals surface area contributed by atoms with Gasteiger partial charge in [0, 0.05) is 17.3 Å². The van der Waals surface area contributed by atoms with Gasteiger partial charge in [0.25, 0.3) is 11.1 Å². The molecule has 0 aliphatic heterocycles. The van der Waals surface area contributed by atoms with Gasteiger partial charge in [0.1, 0.15) is 0 Å². The number of aromatic nitrogens is 4. The van der Waals surface area contributed by atoms with E-state index in [0.717, 1.165) is 12.8 Å². The summed E-state index contributed by atoms with van der Waals surface area (Å²) >= 11 is 3.61. The van der Waals surface area contributed by atoms with E-state index in [1.54, 1.807) is 38.1 Å². The number of carbonyl (C=O) groups is 2. The van der Waals surface area contributed by atoms with Crippen LogP contribution < -0.4 is 20.6 Å². The molecule has 0 bridgehead atoms. The van der Waals surface area contributed by atoms with Gasteiger partial charge in [0.15, 0.2) is 11.5 Å². The maximum absolute atomic E-state index is 14.3. The molecule has 0 saturated carbocycles. The lowest BCUT2D eigenvalue weighted by Gasteiger charge is -2.20. The van der Waals surface area contributed by atoms with E-state index in [2.05, 4.69) is 33.1 Å². The first-order valence-electron chi connectivity index (χ1n) is 14.8. The van der Waals surface area contributed by atoms with Crippen molar-refractivity contribution in [1.29, 1.82) is 0 Å². The molecular weight excluding hydrogens is 672 g/mol. The number of methoxy groups -OCH3 is 1. The van der Waals surface area contributed by atoms with E-state index in [1.807, 2.05) is 0 Å². The van der Waals surface area contributed by atoms with Crippen molar-refractivity contribution in [2.75, 3.05) is 13.7 Å². The molecular formula is C34H33BrN4O8. The van der Waals surface area contributed by atoms with Crippen LogP contribution in [0.4, 0.5) is 0 Å². The molecule has 0 amide bonds. The van der Waals surface area contributed by atoms with Gasteiger partial charge in [-0.05, 0) is 90.3 Å². The minimum Gasteiger partial charge on any atom is -0.493 e. The third-order valence-electron chi connectivity index (χ3n) is 7.84. The van der Waals surface area contributed by atoms with Crippen molar-refractivity contribution >= 4 is 27.9 Å². The average molecular weight is 706 g/mol. The Morgan fingerprint density at radius 1 is 0.851 bits per heavy atom. The summed E-state index contributed by atoms with van der Waals surface area (Å²) in [7, 11) is 1.50. The van der Waals surface area contributed by atoms with Crippen molar-refractivity contribution in [3.05, 3.63) is 125 Å². The lowest BCUT2D eigenvalue weighted by atomic mass is 9.85. The summed E-state index contributed by atoms with van der Waals surface area (Å²) in [6.07, 6.45) is 1.76. The Bertz CT molecular complexity index is 1990. The van der Waals surface area contributed by atoms with Crippen LogP contribution in [0.5, 0.6) is 11.5 Å². The summed E-state index contributed by atoms with van der Waals surface area (Å²) in [5.41, 5.74) is 1.52. The van der Waals surface area contributed by atoms with Crippen LogP contribution in [0.1, 0.15) is 74.5 Å². The van der Waals surface area contributed by atoms with Crippen LogP contribution in [0, 0.1) is 13.8 Å². The van der Waals surface area contributed by atoms with Gasteiger partial charge in [-0.15, -0.1) is 0 Å². The molecule has 244 valence electrons. The Morgan fingerprint density at radius 3 is 1.81 bits per heavy atom. The Balaban J connectivity index is 1.77.